The summed E-state index contributed by atoms with van der Waals surface area (Å²) in [4.78, 5) is 23.3. The number of nitrogens with one attached hydrogen (secondary N) is 1. The number of hydrogen-bond acceptors (Lipinski definition) is 3. The fourth-order valence-corrected chi connectivity index (χ4v) is 7.36. The van der Waals surface area contributed by atoms with Crippen LogP contribution in [0.5, 0.6) is 0 Å². The largest absolute Gasteiger partial charge is 0.447 e. The van der Waals surface area contributed by atoms with Crippen LogP contribution in [0.3, 0.4) is 0 Å². The topological polar surface area (TPSA) is 58.6 Å². The van der Waals surface area contributed by atoms with Crippen molar-refractivity contribution in [2.45, 2.75) is 37.8 Å². The van der Waals surface area contributed by atoms with E-state index in [1.165, 1.54) is 0 Å². The molecule has 25 heavy (non-hydrogen) atoms. The van der Waals surface area contributed by atoms with Crippen LogP contribution >= 0.6 is 0 Å². The summed E-state index contributed by atoms with van der Waals surface area (Å²) in [6, 6.07) is 20.0. The maximum absolute atomic E-state index is 12.0. The number of carbonyl (C=O) groups is 1. The van der Waals surface area contributed by atoms with Gasteiger partial charge in [-0.2, -0.15) is 0 Å². The Hall–Kier alpha value is -2.11. The van der Waals surface area contributed by atoms with Gasteiger partial charge in [-0.25, -0.2) is 4.79 Å². The van der Waals surface area contributed by atoms with Gasteiger partial charge in [0.1, 0.15) is 6.61 Å². The third-order valence-corrected chi connectivity index (χ3v) is 9.76. The van der Waals surface area contributed by atoms with Crippen molar-refractivity contribution in [3.8, 4) is 0 Å². The Morgan fingerprint density at radius 1 is 1.08 bits per heavy atom. The summed E-state index contributed by atoms with van der Waals surface area (Å²) in [6.07, 6.45) is 1.24. The van der Waals surface area contributed by atoms with Crippen LogP contribution in [-0.4, -0.2) is 31.9 Å². The van der Waals surface area contributed by atoms with Crippen molar-refractivity contribution in [3.05, 3.63) is 60.7 Å². The van der Waals surface area contributed by atoms with E-state index in [1.54, 1.807) is 0 Å². The molecule has 2 aromatic rings. The van der Waals surface area contributed by atoms with Crippen molar-refractivity contribution in [2.75, 3.05) is 6.61 Å². The number of rotatable bonds is 6. The summed E-state index contributed by atoms with van der Waals surface area (Å²) < 4.78 is 4.98. The molecule has 1 heterocycles. The van der Waals surface area contributed by atoms with Gasteiger partial charge >= 0.3 is 6.09 Å². The van der Waals surface area contributed by atoms with Gasteiger partial charge in [-0.05, 0) is 28.3 Å². The Balaban J connectivity index is 1.92. The van der Waals surface area contributed by atoms with E-state index < -0.39 is 8.32 Å². The standard InChI is InChI=1S/C20H25NO3Si/c1-20(2,14-13-16-15-24-19(22)21-16)25(23,17-9-5-3-6-10-17)18-11-7-4-8-12-18/h3-12,16,23H,13-15H2,1-2H3,(H,21,22)/t16-/m0/s1. The first kappa shape index (κ1) is 17.7. The predicted octanol–water partition coefficient (Wildman–Crippen LogP) is 2.41. The molecule has 2 N–H and O–H groups in total. The lowest BCUT2D eigenvalue weighted by atomic mass is 10.0. The molecular formula is C20H25NO3Si. The van der Waals surface area contributed by atoms with Crippen molar-refractivity contribution < 1.29 is 14.3 Å². The molecule has 0 radical (unpaired) electrons. The van der Waals surface area contributed by atoms with Crippen molar-refractivity contribution in [1.82, 2.24) is 5.32 Å². The molecule has 1 atom stereocenters. The molecule has 3 rings (SSSR count). The van der Waals surface area contributed by atoms with E-state index in [2.05, 4.69) is 19.2 Å². The highest BCUT2D eigenvalue weighted by atomic mass is 28.4. The van der Waals surface area contributed by atoms with Gasteiger partial charge in [-0.1, -0.05) is 74.5 Å². The lowest BCUT2D eigenvalue weighted by Crippen LogP contribution is -2.65. The number of benzene rings is 2. The van der Waals surface area contributed by atoms with Crippen LogP contribution in [0.2, 0.25) is 5.04 Å². The van der Waals surface area contributed by atoms with E-state index in [4.69, 9.17) is 4.74 Å². The second-order valence-electron chi connectivity index (χ2n) is 7.30. The second-order valence-corrected chi connectivity index (χ2v) is 11.2. The molecule has 0 unspecified atom stereocenters. The maximum Gasteiger partial charge on any atom is 0.407 e. The first-order valence-corrected chi connectivity index (χ1v) is 10.6. The molecule has 1 amide bonds. The zero-order chi connectivity index (χ0) is 17.9. The van der Waals surface area contributed by atoms with Gasteiger partial charge in [0.2, 0.25) is 0 Å². The van der Waals surface area contributed by atoms with Crippen molar-refractivity contribution in [3.63, 3.8) is 0 Å². The van der Waals surface area contributed by atoms with Gasteiger partial charge < -0.3 is 14.8 Å². The lowest BCUT2D eigenvalue weighted by molar-refractivity contribution is 0.176. The van der Waals surface area contributed by atoms with E-state index in [-0.39, 0.29) is 17.2 Å². The first-order valence-electron chi connectivity index (χ1n) is 8.70. The number of cyclic esters (lactones) is 1. The van der Waals surface area contributed by atoms with E-state index >= 15 is 0 Å². The van der Waals surface area contributed by atoms with Gasteiger partial charge in [-0.3, -0.25) is 0 Å². The Morgan fingerprint density at radius 2 is 1.60 bits per heavy atom. The fourth-order valence-electron chi connectivity index (χ4n) is 3.60. The monoisotopic (exact) mass is 355 g/mol. The quantitative estimate of drug-likeness (QED) is 0.783. The van der Waals surface area contributed by atoms with Crippen LogP contribution in [0, 0.1) is 0 Å². The smallest absolute Gasteiger partial charge is 0.407 e. The summed E-state index contributed by atoms with van der Waals surface area (Å²) in [7, 11) is -2.97. The molecule has 1 fully saturated rings. The number of amides is 1. The molecular weight excluding hydrogens is 330 g/mol. The van der Waals surface area contributed by atoms with Crippen LogP contribution in [-0.2, 0) is 4.74 Å². The molecule has 2 aromatic carbocycles. The lowest BCUT2D eigenvalue weighted by Gasteiger charge is -2.41. The number of ether oxygens (including phenoxy) is 1. The zero-order valence-electron chi connectivity index (χ0n) is 14.7. The average Bonchev–Trinajstić information content (AvgIpc) is 3.06. The fraction of sp³-hybridized carbons (Fsp3) is 0.350. The van der Waals surface area contributed by atoms with Gasteiger partial charge in [0.15, 0.2) is 0 Å². The number of carbonyl (C=O) groups excluding carboxylic acids is 1. The molecule has 0 aromatic heterocycles. The SMILES string of the molecule is CC(C)(CC[C@H]1COC(=O)N1)[Si](O)(c1ccccc1)c1ccccc1. The molecule has 0 saturated carbocycles. The summed E-state index contributed by atoms with van der Waals surface area (Å²) >= 11 is 0. The highest BCUT2D eigenvalue weighted by Crippen LogP contribution is 2.40. The Bertz CT molecular complexity index is 679. The number of alkyl carbamates (subject to hydrolysis) is 1. The van der Waals surface area contributed by atoms with Gasteiger partial charge in [0.05, 0.1) is 6.04 Å². The van der Waals surface area contributed by atoms with Crippen molar-refractivity contribution in [2.24, 2.45) is 0 Å². The molecule has 0 spiro atoms. The van der Waals surface area contributed by atoms with Crippen molar-refractivity contribution in [1.29, 1.82) is 0 Å². The van der Waals surface area contributed by atoms with E-state index in [0.717, 1.165) is 23.2 Å². The van der Waals surface area contributed by atoms with Crippen LogP contribution in [0.15, 0.2) is 60.7 Å². The van der Waals surface area contributed by atoms with Crippen LogP contribution < -0.4 is 15.7 Å². The normalized spacial score (nSPS) is 17.9. The first-order chi connectivity index (χ1) is 11.9. The molecule has 1 saturated heterocycles. The van der Waals surface area contributed by atoms with E-state index in [1.807, 2.05) is 60.7 Å². The Kier molecular flexibility index (Phi) is 4.97. The Morgan fingerprint density at radius 3 is 2.04 bits per heavy atom. The minimum absolute atomic E-state index is 0.0246. The molecule has 4 nitrogen and oxygen atoms in total. The minimum Gasteiger partial charge on any atom is -0.447 e. The summed E-state index contributed by atoms with van der Waals surface area (Å²) in [5.74, 6) is 0. The molecule has 0 aliphatic carbocycles. The van der Waals surface area contributed by atoms with Gasteiger partial charge in [0, 0.05) is 0 Å². The second kappa shape index (κ2) is 7.02. The summed E-state index contributed by atoms with van der Waals surface area (Å²) in [5.41, 5.74) is 0. The summed E-state index contributed by atoms with van der Waals surface area (Å²) in [5, 5.41) is 4.55. The van der Waals surface area contributed by atoms with Crippen molar-refractivity contribution >= 4 is 24.8 Å². The maximum atomic E-state index is 12.0. The molecule has 5 heteroatoms. The Labute approximate surface area is 150 Å². The zero-order valence-corrected chi connectivity index (χ0v) is 15.7. The minimum atomic E-state index is -2.97. The third-order valence-electron chi connectivity index (χ3n) is 5.22. The predicted molar refractivity (Wildman–Crippen MR) is 102 cm³/mol. The summed E-state index contributed by atoms with van der Waals surface area (Å²) in [6.45, 7) is 4.68. The molecule has 1 aliphatic heterocycles. The highest BCUT2D eigenvalue weighted by Gasteiger charge is 2.49. The molecule has 1 aliphatic rings. The van der Waals surface area contributed by atoms with Crippen LogP contribution in [0.1, 0.15) is 26.7 Å². The third kappa shape index (κ3) is 3.48. The van der Waals surface area contributed by atoms with Crippen LogP contribution in [0.25, 0.3) is 0 Å². The molecule has 132 valence electrons. The highest BCUT2D eigenvalue weighted by molar-refractivity contribution is 6.98. The van der Waals surface area contributed by atoms with Gasteiger partial charge in [-0.15, -0.1) is 0 Å². The number of hydrogen-bond donors (Lipinski definition) is 2. The average molecular weight is 356 g/mol. The van der Waals surface area contributed by atoms with E-state index in [0.29, 0.717) is 6.61 Å². The van der Waals surface area contributed by atoms with Crippen LogP contribution in [0.4, 0.5) is 4.79 Å². The molecule has 0 bridgehead atoms. The van der Waals surface area contributed by atoms with Gasteiger partial charge in [0.25, 0.3) is 8.32 Å². The van der Waals surface area contributed by atoms with E-state index in [9.17, 15) is 9.59 Å².